The number of carbonyl (C=O) groups excluding carboxylic acids is 1. The zero-order chi connectivity index (χ0) is 18.4. The van der Waals surface area contributed by atoms with Crippen molar-refractivity contribution >= 4 is 17.6 Å². The van der Waals surface area contributed by atoms with Crippen LogP contribution < -0.4 is 14.8 Å². The molecule has 132 valence electrons. The number of carboxylic acids is 1. The van der Waals surface area contributed by atoms with Crippen molar-refractivity contribution in [3.63, 3.8) is 0 Å². The van der Waals surface area contributed by atoms with E-state index in [9.17, 15) is 14.7 Å². The molecule has 0 bridgehead atoms. The van der Waals surface area contributed by atoms with E-state index in [0.717, 1.165) is 11.3 Å². The summed E-state index contributed by atoms with van der Waals surface area (Å²) >= 11 is 0. The highest BCUT2D eigenvalue weighted by molar-refractivity contribution is 5.96. The molecule has 0 aliphatic carbocycles. The predicted molar refractivity (Wildman–Crippen MR) is 94.6 cm³/mol. The maximum atomic E-state index is 12.1. The number of carbonyl (C=O) groups is 2. The van der Waals surface area contributed by atoms with Crippen molar-refractivity contribution in [3.8, 4) is 11.5 Å². The molecule has 0 atom stereocenters. The van der Waals surface area contributed by atoms with Crippen molar-refractivity contribution in [3.05, 3.63) is 53.1 Å². The van der Waals surface area contributed by atoms with Gasteiger partial charge >= 0.3 is 5.97 Å². The summed E-state index contributed by atoms with van der Waals surface area (Å²) in [5.74, 6) is -0.114. The zero-order valence-electron chi connectivity index (χ0n) is 14.5. The Bertz CT molecular complexity index is 768. The summed E-state index contributed by atoms with van der Waals surface area (Å²) in [6.45, 7) is 5.83. The molecule has 2 N–H and O–H groups in total. The van der Waals surface area contributed by atoms with E-state index in [1.165, 1.54) is 6.07 Å². The van der Waals surface area contributed by atoms with Gasteiger partial charge in [0.25, 0.3) is 5.91 Å². The molecule has 1 amide bonds. The van der Waals surface area contributed by atoms with Gasteiger partial charge in [0.1, 0.15) is 11.5 Å². The Kier molecular flexibility index (Phi) is 6.00. The number of benzene rings is 2. The fourth-order valence-electron chi connectivity index (χ4n) is 2.35. The van der Waals surface area contributed by atoms with Crippen LogP contribution in [0.5, 0.6) is 11.5 Å². The third-order valence-electron chi connectivity index (χ3n) is 3.58. The third-order valence-corrected chi connectivity index (χ3v) is 3.58. The molecule has 2 rings (SSSR count). The average Bonchev–Trinajstić information content (AvgIpc) is 2.56. The zero-order valence-corrected chi connectivity index (χ0v) is 14.5. The Labute approximate surface area is 146 Å². The highest BCUT2D eigenvalue weighted by Gasteiger charge is 2.12. The summed E-state index contributed by atoms with van der Waals surface area (Å²) in [6.07, 6.45) is 0. The largest absolute Gasteiger partial charge is 0.494 e. The standard InChI is InChI=1S/C19H21NO5/c1-4-24-14-5-7-15(8-6-14)25-11-18(21)20-17-10-16(19(22)23)12(2)9-13(17)3/h5-10H,4,11H2,1-3H3,(H,20,21)(H,22,23). The number of hydrogen-bond acceptors (Lipinski definition) is 4. The lowest BCUT2D eigenvalue weighted by Gasteiger charge is -2.12. The lowest BCUT2D eigenvalue weighted by atomic mass is 10.0. The van der Waals surface area contributed by atoms with Crippen LogP contribution in [0.15, 0.2) is 36.4 Å². The Morgan fingerprint density at radius 3 is 2.16 bits per heavy atom. The van der Waals surface area contributed by atoms with Gasteiger partial charge in [-0.2, -0.15) is 0 Å². The van der Waals surface area contributed by atoms with E-state index in [-0.39, 0.29) is 18.1 Å². The molecule has 0 spiro atoms. The van der Waals surface area contributed by atoms with E-state index >= 15 is 0 Å². The van der Waals surface area contributed by atoms with E-state index < -0.39 is 5.97 Å². The molecule has 2 aromatic rings. The number of hydrogen-bond donors (Lipinski definition) is 2. The second-order valence-corrected chi connectivity index (χ2v) is 5.53. The molecule has 0 saturated carbocycles. The van der Waals surface area contributed by atoms with Gasteiger partial charge < -0.3 is 19.9 Å². The lowest BCUT2D eigenvalue weighted by Crippen LogP contribution is -2.21. The van der Waals surface area contributed by atoms with Gasteiger partial charge in [-0.1, -0.05) is 6.07 Å². The maximum absolute atomic E-state index is 12.1. The van der Waals surface area contributed by atoms with Gasteiger partial charge in [0.05, 0.1) is 12.2 Å². The molecule has 25 heavy (non-hydrogen) atoms. The van der Waals surface area contributed by atoms with Crippen molar-refractivity contribution in [1.82, 2.24) is 0 Å². The van der Waals surface area contributed by atoms with Crippen LogP contribution in [-0.2, 0) is 4.79 Å². The minimum absolute atomic E-state index is 0.160. The Hall–Kier alpha value is -3.02. The van der Waals surface area contributed by atoms with Gasteiger partial charge in [0.15, 0.2) is 6.61 Å². The first-order valence-electron chi connectivity index (χ1n) is 7.90. The third kappa shape index (κ3) is 4.97. The van der Waals surface area contributed by atoms with Crippen LogP contribution in [0.1, 0.15) is 28.4 Å². The maximum Gasteiger partial charge on any atom is 0.336 e. The minimum Gasteiger partial charge on any atom is -0.494 e. The number of nitrogens with one attached hydrogen (secondary N) is 1. The Morgan fingerprint density at radius 2 is 1.60 bits per heavy atom. The van der Waals surface area contributed by atoms with Crippen LogP contribution >= 0.6 is 0 Å². The molecule has 6 heteroatoms. The second-order valence-electron chi connectivity index (χ2n) is 5.53. The topological polar surface area (TPSA) is 84.9 Å². The van der Waals surface area contributed by atoms with Gasteiger partial charge in [-0.25, -0.2) is 4.79 Å². The van der Waals surface area contributed by atoms with Crippen molar-refractivity contribution in [2.24, 2.45) is 0 Å². The van der Waals surface area contributed by atoms with Crippen LogP contribution in [0.2, 0.25) is 0 Å². The molecule has 0 aliphatic heterocycles. The van der Waals surface area contributed by atoms with Crippen LogP contribution in [0, 0.1) is 13.8 Å². The molecule has 2 aromatic carbocycles. The molecule has 0 saturated heterocycles. The van der Waals surface area contributed by atoms with Gasteiger partial charge in [-0.15, -0.1) is 0 Å². The molecule has 0 unspecified atom stereocenters. The molecule has 6 nitrogen and oxygen atoms in total. The molecule has 0 aliphatic rings. The van der Waals surface area contributed by atoms with Crippen LogP contribution in [-0.4, -0.2) is 30.2 Å². The van der Waals surface area contributed by atoms with E-state index in [1.54, 1.807) is 37.3 Å². The van der Waals surface area contributed by atoms with Gasteiger partial charge in [0.2, 0.25) is 0 Å². The molecule has 0 aromatic heterocycles. The number of rotatable bonds is 7. The SMILES string of the molecule is CCOc1ccc(OCC(=O)Nc2cc(C(=O)O)c(C)cc2C)cc1. The van der Waals surface area contributed by atoms with Gasteiger partial charge in [-0.05, 0) is 62.2 Å². The summed E-state index contributed by atoms with van der Waals surface area (Å²) in [5.41, 5.74) is 2.06. The van der Waals surface area contributed by atoms with Crippen molar-refractivity contribution in [1.29, 1.82) is 0 Å². The Balaban J connectivity index is 1.98. The number of aromatic carboxylic acids is 1. The first kappa shape index (κ1) is 18.3. The highest BCUT2D eigenvalue weighted by atomic mass is 16.5. The fourth-order valence-corrected chi connectivity index (χ4v) is 2.35. The van der Waals surface area contributed by atoms with E-state index in [4.69, 9.17) is 9.47 Å². The second kappa shape index (κ2) is 8.19. The molecular formula is C19H21NO5. The molecule has 0 heterocycles. The number of amides is 1. The van der Waals surface area contributed by atoms with E-state index in [0.29, 0.717) is 23.6 Å². The smallest absolute Gasteiger partial charge is 0.336 e. The quantitative estimate of drug-likeness (QED) is 0.805. The first-order chi connectivity index (χ1) is 11.9. The molecule has 0 radical (unpaired) electrons. The number of aryl methyl sites for hydroxylation is 2. The summed E-state index contributed by atoms with van der Waals surface area (Å²) in [4.78, 5) is 23.3. The number of ether oxygens (including phenoxy) is 2. The minimum atomic E-state index is -1.03. The van der Waals surface area contributed by atoms with Crippen molar-refractivity contribution < 1.29 is 24.2 Å². The summed E-state index contributed by atoms with van der Waals surface area (Å²) < 4.78 is 10.8. The Morgan fingerprint density at radius 1 is 1.00 bits per heavy atom. The average molecular weight is 343 g/mol. The number of anilines is 1. The van der Waals surface area contributed by atoms with Crippen LogP contribution in [0.3, 0.4) is 0 Å². The molecular weight excluding hydrogens is 322 g/mol. The lowest BCUT2D eigenvalue weighted by molar-refractivity contribution is -0.118. The first-order valence-corrected chi connectivity index (χ1v) is 7.90. The number of carboxylic acid groups (broad SMARTS) is 1. The fraction of sp³-hybridized carbons (Fsp3) is 0.263. The van der Waals surface area contributed by atoms with E-state index in [1.807, 2.05) is 13.8 Å². The van der Waals surface area contributed by atoms with Crippen LogP contribution in [0.25, 0.3) is 0 Å². The van der Waals surface area contributed by atoms with Gasteiger partial charge in [0, 0.05) is 5.69 Å². The normalized spacial score (nSPS) is 10.2. The highest BCUT2D eigenvalue weighted by Crippen LogP contribution is 2.21. The van der Waals surface area contributed by atoms with Crippen molar-refractivity contribution in [2.45, 2.75) is 20.8 Å². The van der Waals surface area contributed by atoms with Crippen molar-refractivity contribution in [2.75, 3.05) is 18.5 Å². The summed E-state index contributed by atoms with van der Waals surface area (Å²) in [5, 5.41) is 11.9. The van der Waals surface area contributed by atoms with Crippen LogP contribution in [0.4, 0.5) is 5.69 Å². The molecule has 0 fully saturated rings. The summed E-state index contributed by atoms with van der Waals surface area (Å²) in [6, 6.07) is 10.2. The monoisotopic (exact) mass is 343 g/mol. The summed E-state index contributed by atoms with van der Waals surface area (Å²) in [7, 11) is 0. The van der Waals surface area contributed by atoms with Gasteiger partial charge in [-0.3, -0.25) is 4.79 Å². The van der Waals surface area contributed by atoms with E-state index in [2.05, 4.69) is 5.32 Å². The predicted octanol–water partition coefficient (Wildman–Crippen LogP) is 3.42.